The molecule has 84 valence electrons. The average Bonchev–Trinajstić information content (AvgIpc) is 2.26. The Hall–Kier alpha value is -1.34. The molecule has 0 aliphatic rings. The van der Waals surface area contributed by atoms with E-state index in [-0.39, 0.29) is 6.61 Å². The van der Waals surface area contributed by atoms with Gasteiger partial charge in [0.1, 0.15) is 0 Å². The zero-order chi connectivity index (χ0) is 11.7. The molecule has 0 saturated carbocycles. The van der Waals surface area contributed by atoms with Crippen molar-refractivity contribution in [3.63, 3.8) is 0 Å². The highest BCUT2D eigenvalue weighted by molar-refractivity contribution is 5.87. The lowest BCUT2D eigenvalue weighted by Gasteiger charge is -2.15. The van der Waals surface area contributed by atoms with Crippen LogP contribution in [-0.4, -0.2) is 5.11 Å². The third-order valence-corrected chi connectivity index (χ3v) is 3.05. The van der Waals surface area contributed by atoms with Crippen LogP contribution < -0.4 is 0 Å². The van der Waals surface area contributed by atoms with Crippen LogP contribution in [-0.2, 0) is 6.61 Å². The van der Waals surface area contributed by atoms with Crippen LogP contribution >= 0.6 is 0 Å². The monoisotopic (exact) mass is 214 g/mol. The molecule has 0 unspecified atom stereocenters. The van der Waals surface area contributed by atoms with Crippen molar-refractivity contribution >= 4 is 10.8 Å². The molecular weight excluding hydrogens is 196 g/mol. The Balaban J connectivity index is 2.79. The molecule has 2 aromatic carbocycles. The van der Waals surface area contributed by atoms with E-state index in [0.29, 0.717) is 5.92 Å². The first-order valence-corrected chi connectivity index (χ1v) is 5.76. The van der Waals surface area contributed by atoms with E-state index in [1.54, 1.807) is 0 Å². The van der Waals surface area contributed by atoms with Crippen LogP contribution in [0, 0.1) is 6.92 Å². The molecule has 2 rings (SSSR count). The summed E-state index contributed by atoms with van der Waals surface area (Å²) in [6.07, 6.45) is 0. The summed E-state index contributed by atoms with van der Waals surface area (Å²) in [6, 6.07) is 10.6. The predicted octanol–water partition coefficient (Wildman–Crippen LogP) is 3.76. The molecule has 1 N–H and O–H groups in total. The molecule has 16 heavy (non-hydrogen) atoms. The molecule has 0 aliphatic carbocycles. The number of aliphatic hydroxyl groups is 1. The Morgan fingerprint density at radius 2 is 1.88 bits per heavy atom. The molecule has 1 nitrogen and oxygen atoms in total. The summed E-state index contributed by atoms with van der Waals surface area (Å²) in [4.78, 5) is 0. The molecule has 0 aromatic heterocycles. The van der Waals surface area contributed by atoms with Crippen LogP contribution in [0.4, 0.5) is 0 Å². The number of benzene rings is 2. The van der Waals surface area contributed by atoms with E-state index in [1.807, 2.05) is 6.07 Å². The highest BCUT2D eigenvalue weighted by Gasteiger charge is 2.10. The van der Waals surface area contributed by atoms with Crippen molar-refractivity contribution in [1.29, 1.82) is 0 Å². The van der Waals surface area contributed by atoms with Gasteiger partial charge in [-0.05, 0) is 34.7 Å². The third kappa shape index (κ3) is 1.83. The first kappa shape index (κ1) is 11.2. The number of rotatable bonds is 2. The lowest BCUT2D eigenvalue weighted by molar-refractivity contribution is 0.280. The standard InChI is InChI=1S/C15H18O/c1-10(2)15-13(9-16)6-5-12-8-11(3)4-7-14(12)15/h4-8,10,16H,9H2,1-3H3. The fraction of sp³-hybridized carbons (Fsp3) is 0.333. The summed E-state index contributed by atoms with van der Waals surface area (Å²) in [5.41, 5.74) is 3.60. The quantitative estimate of drug-likeness (QED) is 0.807. The lowest BCUT2D eigenvalue weighted by atomic mass is 9.91. The van der Waals surface area contributed by atoms with E-state index < -0.39 is 0 Å². The molecule has 2 aromatic rings. The average molecular weight is 214 g/mol. The van der Waals surface area contributed by atoms with E-state index in [1.165, 1.54) is 21.9 Å². The van der Waals surface area contributed by atoms with E-state index in [4.69, 9.17) is 0 Å². The van der Waals surface area contributed by atoms with Gasteiger partial charge >= 0.3 is 0 Å². The molecule has 1 heteroatoms. The molecule has 0 saturated heterocycles. The van der Waals surface area contributed by atoms with Crippen LogP contribution in [0.1, 0.15) is 36.5 Å². The highest BCUT2D eigenvalue weighted by atomic mass is 16.3. The van der Waals surface area contributed by atoms with Gasteiger partial charge < -0.3 is 5.11 Å². The Labute approximate surface area is 96.7 Å². The second-order valence-electron chi connectivity index (χ2n) is 4.68. The zero-order valence-corrected chi connectivity index (χ0v) is 10.1. The SMILES string of the molecule is Cc1ccc2c(C(C)C)c(CO)ccc2c1. The molecule has 0 bridgehead atoms. The van der Waals surface area contributed by atoms with Gasteiger partial charge in [0.15, 0.2) is 0 Å². The molecule has 0 radical (unpaired) electrons. The largest absolute Gasteiger partial charge is 0.392 e. The Bertz CT molecular complexity index is 512. The normalized spacial score (nSPS) is 11.3. The first-order chi connectivity index (χ1) is 7.63. The summed E-state index contributed by atoms with van der Waals surface area (Å²) in [6.45, 7) is 6.58. The van der Waals surface area contributed by atoms with Crippen molar-refractivity contribution in [1.82, 2.24) is 0 Å². The first-order valence-electron chi connectivity index (χ1n) is 5.76. The van der Waals surface area contributed by atoms with E-state index in [0.717, 1.165) is 5.56 Å². The molecule has 0 aliphatic heterocycles. The van der Waals surface area contributed by atoms with E-state index in [9.17, 15) is 5.11 Å². The van der Waals surface area contributed by atoms with Crippen LogP contribution in [0.3, 0.4) is 0 Å². The van der Waals surface area contributed by atoms with Gasteiger partial charge in [-0.2, -0.15) is 0 Å². The van der Waals surface area contributed by atoms with Gasteiger partial charge in [0.2, 0.25) is 0 Å². The van der Waals surface area contributed by atoms with Gasteiger partial charge in [-0.3, -0.25) is 0 Å². The number of aliphatic hydroxyl groups excluding tert-OH is 1. The van der Waals surface area contributed by atoms with Gasteiger partial charge in [0, 0.05) is 0 Å². The molecule has 0 fully saturated rings. The van der Waals surface area contributed by atoms with Crippen molar-refractivity contribution < 1.29 is 5.11 Å². The summed E-state index contributed by atoms with van der Waals surface area (Å²) < 4.78 is 0. The van der Waals surface area contributed by atoms with Crippen molar-refractivity contribution in [3.05, 3.63) is 47.0 Å². The Kier molecular flexibility index (Phi) is 2.97. The minimum Gasteiger partial charge on any atom is -0.392 e. The van der Waals surface area contributed by atoms with Crippen molar-refractivity contribution in [3.8, 4) is 0 Å². The topological polar surface area (TPSA) is 20.2 Å². The second-order valence-corrected chi connectivity index (χ2v) is 4.68. The number of hydrogen-bond acceptors (Lipinski definition) is 1. The van der Waals surface area contributed by atoms with Crippen LogP contribution in [0.25, 0.3) is 10.8 Å². The van der Waals surface area contributed by atoms with Gasteiger partial charge in [-0.1, -0.05) is 49.7 Å². The van der Waals surface area contributed by atoms with Crippen molar-refractivity contribution in [2.45, 2.75) is 33.3 Å². The highest BCUT2D eigenvalue weighted by Crippen LogP contribution is 2.29. The van der Waals surface area contributed by atoms with Crippen LogP contribution in [0.2, 0.25) is 0 Å². The molecule has 0 amide bonds. The lowest BCUT2D eigenvalue weighted by Crippen LogP contribution is -1.97. The van der Waals surface area contributed by atoms with Crippen molar-refractivity contribution in [2.24, 2.45) is 0 Å². The molecule has 0 atom stereocenters. The minimum absolute atomic E-state index is 0.122. The Morgan fingerprint density at radius 1 is 1.12 bits per heavy atom. The van der Waals surface area contributed by atoms with Crippen LogP contribution in [0.15, 0.2) is 30.3 Å². The maximum absolute atomic E-state index is 9.38. The second kappa shape index (κ2) is 4.26. The maximum Gasteiger partial charge on any atom is 0.0684 e. The number of aryl methyl sites for hydroxylation is 1. The van der Waals surface area contributed by atoms with Gasteiger partial charge in [0.05, 0.1) is 6.61 Å². The zero-order valence-electron chi connectivity index (χ0n) is 10.1. The van der Waals surface area contributed by atoms with Gasteiger partial charge in [-0.25, -0.2) is 0 Å². The smallest absolute Gasteiger partial charge is 0.0684 e. The number of hydrogen-bond donors (Lipinski definition) is 1. The van der Waals surface area contributed by atoms with Crippen molar-refractivity contribution in [2.75, 3.05) is 0 Å². The van der Waals surface area contributed by atoms with Gasteiger partial charge in [-0.15, -0.1) is 0 Å². The fourth-order valence-electron chi connectivity index (χ4n) is 2.34. The molecular formula is C15H18O. The summed E-state index contributed by atoms with van der Waals surface area (Å²) in [7, 11) is 0. The molecule has 0 spiro atoms. The summed E-state index contributed by atoms with van der Waals surface area (Å²) >= 11 is 0. The van der Waals surface area contributed by atoms with Gasteiger partial charge in [0.25, 0.3) is 0 Å². The van der Waals surface area contributed by atoms with Crippen LogP contribution in [0.5, 0.6) is 0 Å². The molecule has 0 heterocycles. The minimum atomic E-state index is 0.122. The number of fused-ring (bicyclic) bond motifs is 1. The van der Waals surface area contributed by atoms with E-state index >= 15 is 0 Å². The Morgan fingerprint density at radius 3 is 2.50 bits per heavy atom. The maximum atomic E-state index is 9.38. The summed E-state index contributed by atoms with van der Waals surface area (Å²) in [5, 5.41) is 11.9. The van der Waals surface area contributed by atoms with E-state index in [2.05, 4.69) is 45.0 Å². The third-order valence-electron chi connectivity index (χ3n) is 3.05. The fourth-order valence-corrected chi connectivity index (χ4v) is 2.34. The summed E-state index contributed by atoms with van der Waals surface area (Å²) in [5.74, 6) is 0.438. The predicted molar refractivity (Wildman–Crippen MR) is 68.7 cm³/mol.